The van der Waals surface area contributed by atoms with Gasteiger partial charge in [-0.3, -0.25) is 28.9 Å². The molecule has 150 valence electrons. The molecule has 0 saturated carbocycles. The Morgan fingerprint density at radius 2 is 2.07 bits per heavy atom. The fraction of sp³-hybridized carbons (Fsp3) is 0.211. The Kier molecular flexibility index (Phi) is 5.84. The smallest absolute Gasteiger partial charge is 0.328 e. The van der Waals surface area contributed by atoms with Gasteiger partial charge in [0.1, 0.15) is 12.6 Å². The zero-order valence-electron chi connectivity index (χ0n) is 15.5. The third-order valence-electron chi connectivity index (χ3n) is 4.21. The quantitative estimate of drug-likeness (QED) is 0.441. The number of H-pyrrole nitrogens is 1. The lowest BCUT2D eigenvalue weighted by Crippen LogP contribution is -2.48. The minimum atomic E-state index is -1.22. The first-order valence-electron chi connectivity index (χ1n) is 8.73. The van der Waals surface area contributed by atoms with E-state index in [4.69, 9.17) is 0 Å². The minimum absolute atomic E-state index is 0.264. The fourth-order valence-electron chi connectivity index (χ4n) is 2.71. The molecule has 29 heavy (non-hydrogen) atoms. The zero-order valence-corrected chi connectivity index (χ0v) is 15.5. The lowest BCUT2D eigenvalue weighted by atomic mass is 10.2. The highest BCUT2D eigenvalue weighted by molar-refractivity contribution is 5.98. The number of amides is 2. The number of carbonyl (C=O) groups excluding carboxylic acids is 2. The summed E-state index contributed by atoms with van der Waals surface area (Å²) in [4.78, 5) is 54.0. The Morgan fingerprint density at radius 1 is 1.28 bits per heavy atom. The molecule has 1 aromatic carbocycles. The number of aliphatic hydroxyl groups excluding tert-OH is 1. The number of anilines is 1. The summed E-state index contributed by atoms with van der Waals surface area (Å²) in [6, 6.07) is 7.51. The molecule has 0 unspecified atom stereocenters. The molecule has 2 heterocycles. The summed E-state index contributed by atoms with van der Waals surface area (Å²) in [5.74, 6) is -1.29. The van der Waals surface area contributed by atoms with Gasteiger partial charge in [-0.2, -0.15) is 0 Å². The van der Waals surface area contributed by atoms with Crippen LogP contribution in [0.4, 0.5) is 5.69 Å². The van der Waals surface area contributed by atoms with Crippen LogP contribution >= 0.6 is 0 Å². The molecule has 10 heteroatoms. The van der Waals surface area contributed by atoms with Gasteiger partial charge in [0.15, 0.2) is 0 Å². The number of aliphatic hydroxyl groups is 1. The van der Waals surface area contributed by atoms with E-state index in [0.717, 1.165) is 15.5 Å². The number of aromatic amines is 1. The molecule has 0 aliphatic rings. The molecular formula is C19H19N5O5. The molecule has 0 aliphatic heterocycles. The van der Waals surface area contributed by atoms with Crippen molar-refractivity contribution in [2.45, 2.75) is 19.5 Å². The van der Waals surface area contributed by atoms with Crippen LogP contribution < -0.4 is 21.9 Å². The molecule has 0 bridgehead atoms. The van der Waals surface area contributed by atoms with E-state index in [1.165, 1.54) is 13.1 Å². The first kappa shape index (κ1) is 20.0. The van der Waals surface area contributed by atoms with Gasteiger partial charge in [-0.25, -0.2) is 4.79 Å². The number of nitrogens with one attached hydrogen (secondary N) is 3. The van der Waals surface area contributed by atoms with Crippen molar-refractivity contribution in [1.82, 2.24) is 19.9 Å². The number of nitrogens with zero attached hydrogens (tertiary/aromatic N) is 2. The molecule has 10 nitrogen and oxygen atoms in total. The number of hydrogen-bond acceptors (Lipinski definition) is 6. The summed E-state index contributed by atoms with van der Waals surface area (Å²) in [6.45, 7) is 0.448. The predicted octanol–water partition coefficient (Wildman–Crippen LogP) is -0.491. The Morgan fingerprint density at radius 3 is 2.83 bits per heavy atom. The van der Waals surface area contributed by atoms with Crippen LogP contribution in [0.25, 0.3) is 10.9 Å². The highest BCUT2D eigenvalue weighted by Crippen LogP contribution is 2.17. The van der Waals surface area contributed by atoms with Crippen molar-refractivity contribution in [1.29, 1.82) is 0 Å². The molecule has 4 N–H and O–H groups in total. The topological polar surface area (TPSA) is 146 Å². The fourth-order valence-corrected chi connectivity index (χ4v) is 2.71. The van der Waals surface area contributed by atoms with E-state index >= 15 is 0 Å². The molecule has 0 aliphatic carbocycles. The first-order chi connectivity index (χ1) is 13.9. The molecule has 2 amide bonds. The van der Waals surface area contributed by atoms with E-state index in [9.17, 15) is 24.3 Å². The van der Waals surface area contributed by atoms with E-state index in [-0.39, 0.29) is 5.56 Å². The highest BCUT2D eigenvalue weighted by atomic mass is 16.3. The van der Waals surface area contributed by atoms with Gasteiger partial charge in [-0.05, 0) is 31.2 Å². The number of carbonyl (C=O) groups is 2. The monoisotopic (exact) mass is 397 g/mol. The third-order valence-corrected chi connectivity index (χ3v) is 4.21. The number of pyridine rings is 1. The van der Waals surface area contributed by atoms with Gasteiger partial charge in [0, 0.05) is 29.0 Å². The average molecular weight is 397 g/mol. The predicted molar refractivity (Wildman–Crippen MR) is 105 cm³/mol. The molecule has 1 atom stereocenters. The second-order valence-corrected chi connectivity index (χ2v) is 6.40. The number of aromatic nitrogens is 3. The SMILES string of the molecule is Cc1cn(CC(=O)N[C@@H](CO)C(=O)Nc2ccc3ncccc3c2)c(=O)[nH]c1=O. The summed E-state index contributed by atoms with van der Waals surface area (Å²) in [6.07, 6.45) is 2.91. The van der Waals surface area contributed by atoms with Crippen LogP contribution in [0, 0.1) is 6.92 Å². The molecule has 3 rings (SSSR count). The van der Waals surface area contributed by atoms with Gasteiger partial charge >= 0.3 is 5.69 Å². The number of fused-ring (bicyclic) bond motifs is 1. The summed E-state index contributed by atoms with van der Waals surface area (Å²) in [5, 5.41) is 15.3. The number of hydrogen-bond donors (Lipinski definition) is 4. The number of aryl methyl sites for hydroxylation is 1. The van der Waals surface area contributed by atoms with Crippen LogP contribution in [0.2, 0.25) is 0 Å². The summed E-state index contributed by atoms with van der Waals surface area (Å²) in [7, 11) is 0. The van der Waals surface area contributed by atoms with Gasteiger partial charge in [0.2, 0.25) is 11.8 Å². The summed E-state index contributed by atoms with van der Waals surface area (Å²) < 4.78 is 1.01. The molecular weight excluding hydrogens is 378 g/mol. The second-order valence-electron chi connectivity index (χ2n) is 6.40. The largest absolute Gasteiger partial charge is 0.394 e. The third kappa shape index (κ3) is 4.74. The van der Waals surface area contributed by atoms with E-state index in [1.807, 2.05) is 6.07 Å². The van der Waals surface area contributed by atoms with Gasteiger partial charge < -0.3 is 15.7 Å². The minimum Gasteiger partial charge on any atom is -0.394 e. The second kappa shape index (κ2) is 8.48. The Hall–Kier alpha value is -3.79. The van der Waals surface area contributed by atoms with E-state index in [0.29, 0.717) is 5.69 Å². The van der Waals surface area contributed by atoms with Crippen molar-refractivity contribution < 1.29 is 14.7 Å². The lowest BCUT2D eigenvalue weighted by molar-refractivity contribution is -0.127. The summed E-state index contributed by atoms with van der Waals surface area (Å²) >= 11 is 0. The maximum absolute atomic E-state index is 12.4. The zero-order chi connectivity index (χ0) is 21.0. The van der Waals surface area contributed by atoms with Crippen molar-refractivity contribution in [3.63, 3.8) is 0 Å². The molecule has 2 aromatic heterocycles. The first-order valence-corrected chi connectivity index (χ1v) is 8.73. The summed E-state index contributed by atoms with van der Waals surface area (Å²) in [5.41, 5.74) is 0.227. The van der Waals surface area contributed by atoms with Crippen LogP contribution in [0.3, 0.4) is 0 Å². The van der Waals surface area contributed by atoms with E-state index in [1.54, 1.807) is 30.5 Å². The maximum Gasteiger partial charge on any atom is 0.328 e. The van der Waals surface area contributed by atoms with Crippen LogP contribution in [-0.4, -0.2) is 44.1 Å². The van der Waals surface area contributed by atoms with E-state index < -0.39 is 42.3 Å². The van der Waals surface area contributed by atoms with Gasteiger partial charge in [-0.1, -0.05) is 6.07 Å². The Balaban J connectivity index is 1.67. The van der Waals surface area contributed by atoms with Gasteiger partial charge in [-0.15, -0.1) is 0 Å². The van der Waals surface area contributed by atoms with Gasteiger partial charge in [0.25, 0.3) is 5.56 Å². The Labute approximate surface area is 164 Å². The molecule has 0 fully saturated rings. The highest BCUT2D eigenvalue weighted by Gasteiger charge is 2.20. The standard InChI is InChI=1S/C19H19N5O5/c1-11-8-24(19(29)23-17(11)27)9-16(26)22-15(10-25)18(28)21-13-4-5-14-12(7-13)3-2-6-20-14/h2-8,15,25H,9-10H2,1H3,(H,21,28)(H,22,26)(H,23,27,29)/t15-/m0/s1. The van der Waals surface area contributed by atoms with Gasteiger partial charge in [0.05, 0.1) is 12.1 Å². The van der Waals surface area contributed by atoms with Crippen LogP contribution in [-0.2, 0) is 16.1 Å². The number of benzene rings is 1. The normalized spacial score (nSPS) is 11.8. The van der Waals surface area contributed by atoms with Crippen molar-refractivity contribution in [2.24, 2.45) is 0 Å². The van der Waals surface area contributed by atoms with E-state index in [2.05, 4.69) is 20.6 Å². The molecule has 0 spiro atoms. The van der Waals surface area contributed by atoms with Crippen molar-refractivity contribution in [3.8, 4) is 0 Å². The lowest BCUT2D eigenvalue weighted by Gasteiger charge is -2.17. The van der Waals surface area contributed by atoms with Crippen LogP contribution in [0.1, 0.15) is 5.56 Å². The maximum atomic E-state index is 12.4. The van der Waals surface area contributed by atoms with Crippen molar-refractivity contribution >= 4 is 28.4 Å². The molecule has 0 radical (unpaired) electrons. The van der Waals surface area contributed by atoms with Crippen LogP contribution in [0.5, 0.6) is 0 Å². The average Bonchev–Trinajstić information content (AvgIpc) is 2.70. The van der Waals surface area contributed by atoms with Crippen molar-refractivity contribution in [2.75, 3.05) is 11.9 Å². The Bertz CT molecular complexity index is 1180. The number of rotatable bonds is 6. The van der Waals surface area contributed by atoms with Crippen LogP contribution in [0.15, 0.2) is 52.3 Å². The molecule has 0 saturated heterocycles. The molecule has 3 aromatic rings. The van der Waals surface area contributed by atoms with Crippen molar-refractivity contribution in [3.05, 3.63) is 69.1 Å².